The number of aromatic nitrogens is 2. The van der Waals surface area contributed by atoms with Gasteiger partial charge in [0.1, 0.15) is 5.82 Å². The van der Waals surface area contributed by atoms with Crippen LogP contribution in [-0.2, 0) is 0 Å². The number of halogens is 1. The molecule has 4 nitrogen and oxygen atoms in total. The third kappa shape index (κ3) is 2.08. The quantitative estimate of drug-likeness (QED) is 0.757. The number of nitrogens with one attached hydrogen (secondary N) is 2. The monoisotopic (exact) mass is 289 g/mol. The molecule has 0 saturated carbocycles. The van der Waals surface area contributed by atoms with E-state index >= 15 is 0 Å². The summed E-state index contributed by atoms with van der Waals surface area (Å²) in [7, 11) is 0. The Morgan fingerprint density at radius 3 is 2.85 bits per heavy atom. The molecule has 1 amide bonds. The van der Waals surface area contributed by atoms with Gasteiger partial charge in [0.15, 0.2) is 0 Å². The van der Waals surface area contributed by atoms with Crippen LogP contribution in [-0.4, -0.2) is 16.1 Å². The maximum Gasteiger partial charge on any atom is 0.265 e. The van der Waals surface area contributed by atoms with Crippen molar-refractivity contribution in [2.24, 2.45) is 0 Å². The highest BCUT2D eigenvalue weighted by atomic mass is 32.1. The van der Waals surface area contributed by atoms with Crippen molar-refractivity contribution in [2.75, 3.05) is 5.32 Å². The molecule has 0 atom stereocenters. The maximum absolute atomic E-state index is 13.6. The summed E-state index contributed by atoms with van der Waals surface area (Å²) in [5, 5.41) is 10.1. The SMILES string of the molecule is Cc1n[nH]c(C)c1NC(=O)c1cc2c(F)cccc2s1. The van der Waals surface area contributed by atoms with Crippen LogP contribution in [0.15, 0.2) is 24.3 Å². The van der Waals surface area contributed by atoms with E-state index in [9.17, 15) is 9.18 Å². The van der Waals surface area contributed by atoms with Crippen molar-refractivity contribution in [3.8, 4) is 0 Å². The van der Waals surface area contributed by atoms with Crippen molar-refractivity contribution in [3.63, 3.8) is 0 Å². The molecule has 3 aromatic rings. The van der Waals surface area contributed by atoms with E-state index in [-0.39, 0.29) is 11.7 Å². The van der Waals surface area contributed by atoms with Gasteiger partial charge in [0.25, 0.3) is 5.91 Å². The van der Waals surface area contributed by atoms with Crippen molar-refractivity contribution in [1.29, 1.82) is 0 Å². The molecule has 0 radical (unpaired) electrons. The minimum absolute atomic E-state index is 0.252. The Morgan fingerprint density at radius 2 is 2.20 bits per heavy atom. The van der Waals surface area contributed by atoms with E-state index in [1.807, 2.05) is 13.8 Å². The number of H-pyrrole nitrogens is 1. The number of anilines is 1. The van der Waals surface area contributed by atoms with Crippen molar-refractivity contribution in [1.82, 2.24) is 10.2 Å². The summed E-state index contributed by atoms with van der Waals surface area (Å²) in [6.07, 6.45) is 0. The van der Waals surface area contributed by atoms with Crippen LogP contribution in [0.5, 0.6) is 0 Å². The lowest BCUT2D eigenvalue weighted by Gasteiger charge is -2.02. The van der Waals surface area contributed by atoms with E-state index < -0.39 is 0 Å². The molecule has 2 N–H and O–H groups in total. The molecule has 0 spiro atoms. The Bertz CT molecular complexity index is 786. The number of fused-ring (bicyclic) bond motifs is 1. The first-order valence-corrected chi connectivity index (χ1v) is 6.89. The second kappa shape index (κ2) is 4.72. The van der Waals surface area contributed by atoms with Gasteiger partial charge in [0.05, 0.1) is 22.0 Å². The normalized spacial score (nSPS) is 10.9. The zero-order chi connectivity index (χ0) is 14.3. The van der Waals surface area contributed by atoms with Gasteiger partial charge >= 0.3 is 0 Å². The molecule has 1 aromatic carbocycles. The molecular weight excluding hydrogens is 277 g/mol. The number of aromatic amines is 1. The van der Waals surface area contributed by atoms with E-state index in [4.69, 9.17) is 0 Å². The van der Waals surface area contributed by atoms with Crippen LogP contribution in [0.3, 0.4) is 0 Å². The van der Waals surface area contributed by atoms with Gasteiger partial charge in [0.2, 0.25) is 0 Å². The largest absolute Gasteiger partial charge is 0.318 e. The van der Waals surface area contributed by atoms with Crippen LogP contribution >= 0.6 is 11.3 Å². The molecule has 0 aliphatic rings. The summed E-state index contributed by atoms with van der Waals surface area (Å²) in [5.41, 5.74) is 2.19. The van der Waals surface area contributed by atoms with Crippen LogP contribution in [0.2, 0.25) is 0 Å². The highest BCUT2D eigenvalue weighted by molar-refractivity contribution is 7.20. The van der Waals surface area contributed by atoms with Crippen LogP contribution in [0, 0.1) is 19.7 Å². The second-order valence-electron chi connectivity index (χ2n) is 4.53. The van der Waals surface area contributed by atoms with Crippen molar-refractivity contribution >= 4 is 33.0 Å². The van der Waals surface area contributed by atoms with Crippen LogP contribution in [0.4, 0.5) is 10.1 Å². The molecule has 2 heterocycles. The zero-order valence-electron chi connectivity index (χ0n) is 11.0. The fourth-order valence-corrected chi connectivity index (χ4v) is 3.02. The summed E-state index contributed by atoms with van der Waals surface area (Å²) in [6, 6.07) is 6.41. The number of thiophene rings is 1. The standard InChI is InChI=1S/C14H12FN3OS/c1-7-13(8(2)18-17-7)16-14(19)12-6-9-10(15)4-3-5-11(9)20-12/h3-6H,1-2H3,(H,16,19)(H,17,18). The Morgan fingerprint density at radius 1 is 1.40 bits per heavy atom. The minimum Gasteiger partial charge on any atom is -0.318 e. The van der Waals surface area contributed by atoms with E-state index in [1.165, 1.54) is 17.4 Å². The van der Waals surface area contributed by atoms with Gasteiger partial charge in [-0.3, -0.25) is 9.89 Å². The Balaban J connectivity index is 1.95. The predicted octanol–water partition coefficient (Wildman–Crippen LogP) is 3.63. The van der Waals surface area contributed by atoms with Gasteiger partial charge in [-0.15, -0.1) is 11.3 Å². The molecule has 0 aliphatic carbocycles. The van der Waals surface area contributed by atoms with Crippen LogP contribution in [0.1, 0.15) is 21.1 Å². The summed E-state index contributed by atoms with van der Waals surface area (Å²) in [4.78, 5) is 12.7. The molecule has 2 aromatic heterocycles. The summed E-state index contributed by atoms with van der Waals surface area (Å²) >= 11 is 1.27. The van der Waals surface area contributed by atoms with Gasteiger partial charge in [-0.05, 0) is 32.0 Å². The number of carbonyl (C=O) groups is 1. The molecule has 0 aliphatic heterocycles. The minimum atomic E-state index is -0.312. The Labute approximate surface area is 118 Å². The zero-order valence-corrected chi connectivity index (χ0v) is 11.8. The third-order valence-corrected chi connectivity index (χ3v) is 4.20. The first kappa shape index (κ1) is 12.8. The average molecular weight is 289 g/mol. The van der Waals surface area contributed by atoms with Gasteiger partial charge in [0, 0.05) is 10.1 Å². The lowest BCUT2D eigenvalue weighted by Crippen LogP contribution is -2.11. The van der Waals surface area contributed by atoms with Crippen LogP contribution in [0.25, 0.3) is 10.1 Å². The molecular formula is C14H12FN3OS. The molecule has 0 unspecified atom stereocenters. The fraction of sp³-hybridized carbons (Fsp3) is 0.143. The number of benzene rings is 1. The van der Waals surface area contributed by atoms with Crippen molar-refractivity contribution in [2.45, 2.75) is 13.8 Å². The topological polar surface area (TPSA) is 57.8 Å². The molecule has 20 heavy (non-hydrogen) atoms. The highest BCUT2D eigenvalue weighted by Gasteiger charge is 2.15. The number of hydrogen-bond acceptors (Lipinski definition) is 3. The first-order valence-electron chi connectivity index (χ1n) is 6.07. The fourth-order valence-electron chi connectivity index (χ4n) is 2.05. The Hall–Kier alpha value is -2.21. The van der Waals surface area contributed by atoms with Crippen LogP contribution < -0.4 is 5.32 Å². The van der Waals surface area contributed by atoms with E-state index in [0.717, 1.165) is 16.1 Å². The van der Waals surface area contributed by atoms with Crippen molar-refractivity contribution in [3.05, 3.63) is 46.3 Å². The summed E-state index contributed by atoms with van der Waals surface area (Å²) in [6.45, 7) is 3.64. The number of rotatable bonds is 2. The third-order valence-electron chi connectivity index (χ3n) is 3.10. The maximum atomic E-state index is 13.6. The summed E-state index contributed by atoms with van der Waals surface area (Å²) < 4.78 is 14.4. The smallest absolute Gasteiger partial charge is 0.265 e. The average Bonchev–Trinajstić information content (AvgIpc) is 2.98. The van der Waals surface area contributed by atoms with Gasteiger partial charge < -0.3 is 5.32 Å². The highest BCUT2D eigenvalue weighted by Crippen LogP contribution is 2.28. The van der Waals surface area contributed by atoms with Gasteiger partial charge in [-0.2, -0.15) is 5.10 Å². The van der Waals surface area contributed by atoms with E-state index in [2.05, 4.69) is 15.5 Å². The van der Waals surface area contributed by atoms with Gasteiger partial charge in [-0.1, -0.05) is 6.07 Å². The molecule has 0 fully saturated rings. The predicted molar refractivity (Wildman–Crippen MR) is 77.8 cm³/mol. The lowest BCUT2D eigenvalue weighted by molar-refractivity contribution is 0.103. The van der Waals surface area contributed by atoms with E-state index in [1.54, 1.807) is 18.2 Å². The first-order chi connectivity index (χ1) is 9.56. The molecule has 3 rings (SSSR count). The number of aryl methyl sites for hydroxylation is 2. The van der Waals surface area contributed by atoms with Gasteiger partial charge in [-0.25, -0.2) is 4.39 Å². The molecule has 0 saturated heterocycles. The second-order valence-corrected chi connectivity index (χ2v) is 5.61. The number of amides is 1. The molecule has 0 bridgehead atoms. The number of nitrogens with zero attached hydrogens (tertiary/aromatic N) is 1. The van der Waals surface area contributed by atoms with Crippen molar-refractivity contribution < 1.29 is 9.18 Å². The summed E-state index contributed by atoms with van der Waals surface area (Å²) in [5.74, 6) is -0.563. The number of carbonyl (C=O) groups excluding carboxylic acids is 1. The lowest BCUT2D eigenvalue weighted by atomic mass is 10.2. The number of hydrogen-bond donors (Lipinski definition) is 2. The molecule has 102 valence electrons. The van der Waals surface area contributed by atoms with E-state index in [0.29, 0.717) is 16.0 Å². The molecule has 6 heteroatoms. The Kier molecular flexibility index (Phi) is 3.02.